The van der Waals surface area contributed by atoms with Crippen LogP contribution >= 0.6 is 0 Å². The van der Waals surface area contributed by atoms with Gasteiger partial charge in [-0.25, -0.2) is 9.31 Å². The second-order valence-corrected chi connectivity index (χ2v) is 6.25. The van der Waals surface area contributed by atoms with E-state index in [1.807, 2.05) is 35.8 Å². The van der Waals surface area contributed by atoms with Gasteiger partial charge in [-0.3, -0.25) is 9.69 Å². The summed E-state index contributed by atoms with van der Waals surface area (Å²) in [7, 11) is 1.89. The molecule has 2 amide bonds. The molecule has 4 rings (SSSR count). The van der Waals surface area contributed by atoms with Crippen molar-refractivity contribution in [1.82, 2.24) is 24.0 Å². The fourth-order valence-corrected chi connectivity index (χ4v) is 3.61. The van der Waals surface area contributed by atoms with E-state index < -0.39 is 5.54 Å². The Morgan fingerprint density at radius 1 is 1.39 bits per heavy atom. The normalized spacial score (nSPS) is 24.2. The fraction of sp³-hybridized carbons (Fsp3) is 0.533. The predicted molar refractivity (Wildman–Crippen MR) is 81.1 cm³/mol. The molecule has 2 fully saturated rings. The van der Waals surface area contributed by atoms with Crippen LogP contribution in [0.2, 0.25) is 0 Å². The minimum atomic E-state index is -0.397. The number of imidazole rings is 1. The molecule has 1 unspecified atom stereocenters. The first-order valence-corrected chi connectivity index (χ1v) is 7.78. The molecule has 2 saturated heterocycles. The smallest absolute Gasteiger partial charge is 0.410 e. The average molecular weight is 317 g/mol. The number of fused-ring (bicyclic) bond motifs is 2. The number of piperazine rings is 1. The Morgan fingerprint density at radius 2 is 2.22 bits per heavy atom. The molecule has 4 heterocycles. The highest BCUT2D eigenvalue weighted by molar-refractivity contribution is 6.00. The first-order chi connectivity index (χ1) is 11.1. The van der Waals surface area contributed by atoms with Crippen molar-refractivity contribution in [2.75, 3.05) is 26.2 Å². The number of hydrogen-bond donors (Lipinski definition) is 0. The highest BCUT2D eigenvalue weighted by Gasteiger charge is 2.50. The van der Waals surface area contributed by atoms with Crippen molar-refractivity contribution in [3.05, 3.63) is 24.2 Å². The molecular formula is C15H19N5O3. The summed E-state index contributed by atoms with van der Waals surface area (Å²) in [5, 5.41) is 4.23. The summed E-state index contributed by atoms with van der Waals surface area (Å²) in [6, 6.07) is 0. The van der Waals surface area contributed by atoms with Gasteiger partial charge in [-0.05, 0) is 6.42 Å². The molecule has 0 N–H and O–H groups in total. The zero-order valence-corrected chi connectivity index (χ0v) is 13.2. The third-order valence-electron chi connectivity index (χ3n) is 5.05. The maximum atomic E-state index is 13.0. The Bertz CT molecular complexity index is 794. The first kappa shape index (κ1) is 14.1. The van der Waals surface area contributed by atoms with Crippen LogP contribution in [0.4, 0.5) is 4.79 Å². The van der Waals surface area contributed by atoms with Crippen LogP contribution in [0.1, 0.15) is 23.7 Å². The molecule has 2 aromatic rings. The Labute approximate surface area is 133 Å². The number of ether oxygens (including phenoxy) is 1. The molecule has 1 atom stereocenters. The Hall–Kier alpha value is -2.51. The van der Waals surface area contributed by atoms with E-state index in [0.29, 0.717) is 31.8 Å². The number of hydrogen-bond acceptors (Lipinski definition) is 4. The summed E-state index contributed by atoms with van der Waals surface area (Å²) in [6.07, 6.45) is 5.79. The molecule has 0 aromatic carbocycles. The lowest BCUT2D eigenvalue weighted by Gasteiger charge is -2.44. The van der Waals surface area contributed by atoms with E-state index in [-0.39, 0.29) is 12.0 Å². The van der Waals surface area contributed by atoms with Gasteiger partial charge < -0.3 is 14.2 Å². The maximum absolute atomic E-state index is 13.0. The van der Waals surface area contributed by atoms with Crippen molar-refractivity contribution in [3.8, 4) is 0 Å². The van der Waals surface area contributed by atoms with E-state index in [1.165, 1.54) is 0 Å². The molecule has 0 saturated carbocycles. The Morgan fingerprint density at radius 3 is 3.00 bits per heavy atom. The number of amides is 2. The van der Waals surface area contributed by atoms with E-state index >= 15 is 0 Å². The standard InChI is InChI=1S/C15H19N5O3/c1-3-15-9-18(5-6-19(15)14(22)23-10-15)13(21)11-8-16-20-7-4-17(2)12(11)20/h4,7-8H,3,5-6,9-10H2,1-2H3. The highest BCUT2D eigenvalue weighted by atomic mass is 16.6. The molecule has 2 aromatic heterocycles. The highest BCUT2D eigenvalue weighted by Crippen LogP contribution is 2.32. The van der Waals surface area contributed by atoms with Gasteiger partial charge in [0.15, 0.2) is 0 Å². The SMILES string of the molecule is CCC12COC(=O)N1CCN(C(=O)c1cnn3ccn(C)c13)C2. The first-order valence-electron chi connectivity index (χ1n) is 7.78. The molecule has 0 spiro atoms. The summed E-state index contributed by atoms with van der Waals surface area (Å²) < 4.78 is 8.80. The van der Waals surface area contributed by atoms with E-state index in [9.17, 15) is 9.59 Å². The van der Waals surface area contributed by atoms with Crippen LogP contribution in [0.3, 0.4) is 0 Å². The number of rotatable bonds is 2. The summed E-state index contributed by atoms with van der Waals surface area (Å²) in [6.45, 7) is 3.89. The summed E-state index contributed by atoms with van der Waals surface area (Å²) >= 11 is 0. The zero-order chi connectivity index (χ0) is 16.2. The predicted octanol–water partition coefficient (Wildman–Crippen LogP) is 0.730. The largest absolute Gasteiger partial charge is 0.447 e. The van der Waals surface area contributed by atoms with Crippen LogP contribution in [-0.4, -0.2) is 67.8 Å². The molecule has 8 heteroatoms. The molecule has 2 aliphatic rings. The summed E-state index contributed by atoms with van der Waals surface area (Å²) in [4.78, 5) is 28.4. The van der Waals surface area contributed by atoms with Gasteiger partial charge in [-0.1, -0.05) is 6.92 Å². The van der Waals surface area contributed by atoms with Crippen LogP contribution in [0.25, 0.3) is 5.65 Å². The van der Waals surface area contributed by atoms with Crippen LogP contribution in [0.5, 0.6) is 0 Å². The van der Waals surface area contributed by atoms with Crippen molar-refractivity contribution < 1.29 is 14.3 Å². The van der Waals surface area contributed by atoms with Crippen LogP contribution in [0, 0.1) is 0 Å². The molecule has 0 aliphatic carbocycles. The van der Waals surface area contributed by atoms with Gasteiger partial charge in [0.1, 0.15) is 17.8 Å². The van der Waals surface area contributed by atoms with Gasteiger partial charge in [0.05, 0.1) is 11.7 Å². The van der Waals surface area contributed by atoms with E-state index in [2.05, 4.69) is 5.10 Å². The maximum Gasteiger partial charge on any atom is 0.410 e. The van der Waals surface area contributed by atoms with Crippen LogP contribution in [0.15, 0.2) is 18.6 Å². The van der Waals surface area contributed by atoms with E-state index in [0.717, 1.165) is 12.1 Å². The molecule has 23 heavy (non-hydrogen) atoms. The second-order valence-electron chi connectivity index (χ2n) is 6.25. The van der Waals surface area contributed by atoms with Crippen molar-refractivity contribution in [1.29, 1.82) is 0 Å². The van der Waals surface area contributed by atoms with E-state index in [4.69, 9.17) is 4.74 Å². The number of carbonyl (C=O) groups is 2. The number of nitrogens with zero attached hydrogens (tertiary/aromatic N) is 5. The topological polar surface area (TPSA) is 72.1 Å². The van der Waals surface area contributed by atoms with Crippen molar-refractivity contribution in [2.24, 2.45) is 7.05 Å². The molecule has 0 bridgehead atoms. The number of aryl methyl sites for hydroxylation is 1. The number of carbonyl (C=O) groups excluding carboxylic acids is 2. The third kappa shape index (κ3) is 1.87. The molecule has 0 radical (unpaired) electrons. The second kappa shape index (κ2) is 4.74. The van der Waals surface area contributed by atoms with Crippen LogP contribution < -0.4 is 0 Å². The Balaban J connectivity index is 1.65. The van der Waals surface area contributed by atoms with Crippen molar-refractivity contribution in [3.63, 3.8) is 0 Å². The zero-order valence-electron chi connectivity index (χ0n) is 13.2. The van der Waals surface area contributed by atoms with Gasteiger partial charge in [0.25, 0.3) is 5.91 Å². The fourth-order valence-electron chi connectivity index (χ4n) is 3.61. The molecule has 2 aliphatic heterocycles. The lowest BCUT2D eigenvalue weighted by molar-refractivity contribution is 0.0363. The number of cyclic esters (lactones) is 1. The number of aromatic nitrogens is 3. The lowest BCUT2D eigenvalue weighted by Crippen LogP contribution is -2.62. The van der Waals surface area contributed by atoms with Crippen molar-refractivity contribution >= 4 is 17.6 Å². The Kier molecular flexibility index (Phi) is 2.91. The van der Waals surface area contributed by atoms with E-state index in [1.54, 1.807) is 15.6 Å². The summed E-state index contributed by atoms with van der Waals surface area (Å²) in [5.41, 5.74) is 0.968. The summed E-state index contributed by atoms with van der Waals surface area (Å²) in [5.74, 6) is -0.0476. The minimum Gasteiger partial charge on any atom is -0.447 e. The van der Waals surface area contributed by atoms with Crippen LogP contribution in [-0.2, 0) is 11.8 Å². The quantitative estimate of drug-likeness (QED) is 0.818. The van der Waals surface area contributed by atoms with Gasteiger partial charge >= 0.3 is 6.09 Å². The lowest BCUT2D eigenvalue weighted by atomic mass is 9.92. The van der Waals surface area contributed by atoms with Gasteiger partial charge in [0, 0.05) is 39.1 Å². The molecule has 122 valence electrons. The van der Waals surface area contributed by atoms with Gasteiger partial charge in [0.2, 0.25) is 0 Å². The van der Waals surface area contributed by atoms with Gasteiger partial charge in [-0.2, -0.15) is 5.10 Å². The van der Waals surface area contributed by atoms with Crippen molar-refractivity contribution in [2.45, 2.75) is 18.9 Å². The molecule has 8 nitrogen and oxygen atoms in total. The minimum absolute atomic E-state index is 0.0476. The monoisotopic (exact) mass is 317 g/mol. The average Bonchev–Trinajstić information content (AvgIpc) is 3.23. The third-order valence-corrected chi connectivity index (χ3v) is 5.05. The van der Waals surface area contributed by atoms with Gasteiger partial charge in [-0.15, -0.1) is 0 Å². The molecular weight excluding hydrogens is 298 g/mol.